The maximum atomic E-state index is 13.7. The van der Waals surface area contributed by atoms with Crippen molar-refractivity contribution in [3.63, 3.8) is 0 Å². The average molecular weight is 342 g/mol. The molecule has 0 bridgehead atoms. The number of methoxy groups -OCH3 is 1. The second-order valence-corrected chi connectivity index (χ2v) is 6.17. The van der Waals surface area contributed by atoms with Crippen LogP contribution in [0, 0.1) is 0 Å². The zero-order valence-electron chi connectivity index (χ0n) is 15.1. The number of carbonyl (C=O) groups is 1. The molecule has 3 rings (SSSR count). The third-order valence-corrected chi connectivity index (χ3v) is 4.65. The number of carbonyl (C=O) groups excluding carboxylic acids is 1. The van der Waals surface area contributed by atoms with E-state index >= 15 is 0 Å². The quantitative estimate of drug-likeness (QED) is 0.352. The van der Waals surface area contributed by atoms with E-state index in [1.807, 2.05) is 91.0 Å². The molecule has 0 radical (unpaired) electrons. The molecule has 0 unspecified atom stereocenters. The predicted octanol–water partition coefficient (Wildman–Crippen LogP) is 5.14. The molecule has 26 heavy (non-hydrogen) atoms. The Balaban J connectivity index is 2.37. The highest BCUT2D eigenvalue weighted by Crippen LogP contribution is 2.40. The Morgan fingerprint density at radius 3 is 1.38 bits per heavy atom. The van der Waals surface area contributed by atoms with E-state index in [0.29, 0.717) is 5.76 Å². The molecule has 0 aromatic heterocycles. The minimum absolute atomic E-state index is 0.0274. The molecule has 0 aliphatic heterocycles. The van der Waals surface area contributed by atoms with Crippen molar-refractivity contribution in [1.29, 1.82) is 0 Å². The van der Waals surface area contributed by atoms with Crippen LogP contribution in [-0.2, 0) is 14.9 Å². The maximum Gasteiger partial charge on any atom is 0.178 e. The molecule has 0 amide bonds. The Morgan fingerprint density at radius 2 is 1.08 bits per heavy atom. The third kappa shape index (κ3) is 3.18. The predicted molar refractivity (Wildman–Crippen MR) is 105 cm³/mol. The van der Waals surface area contributed by atoms with Crippen molar-refractivity contribution < 1.29 is 9.53 Å². The van der Waals surface area contributed by atoms with Gasteiger partial charge in [-0.25, -0.2) is 0 Å². The zero-order valence-corrected chi connectivity index (χ0v) is 15.1. The fourth-order valence-electron chi connectivity index (χ4n) is 3.34. The number of allylic oxidation sites excluding steroid dienone is 2. The molecule has 3 aromatic carbocycles. The minimum atomic E-state index is -0.927. The van der Waals surface area contributed by atoms with Gasteiger partial charge in [-0.3, -0.25) is 4.79 Å². The Hall–Kier alpha value is -3.13. The van der Waals surface area contributed by atoms with Gasteiger partial charge in [0.1, 0.15) is 5.41 Å². The number of ether oxygens (including phenoxy) is 1. The van der Waals surface area contributed by atoms with E-state index in [9.17, 15) is 4.79 Å². The van der Waals surface area contributed by atoms with Crippen molar-refractivity contribution in [1.82, 2.24) is 0 Å². The highest BCUT2D eigenvalue weighted by molar-refractivity contribution is 6.05. The van der Waals surface area contributed by atoms with Crippen LogP contribution in [0.25, 0.3) is 0 Å². The summed E-state index contributed by atoms with van der Waals surface area (Å²) in [5, 5.41) is 0. The van der Waals surface area contributed by atoms with Gasteiger partial charge in [-0.2, -0.15) is 0 Å². The first-order valence-corrected chi connectivity index (χ1v) is 8.63. The molecule has 0 spiro atoms. The number of benzene rings is 3. The van der Waals surface area contributed by atoms with E-state index in [0.717, 1.165) is 16.7 Å². The first kappa shape index (κ1) is 17.7. The van der Waals surface area contributed by atoms with Gasteiger partial charge in [0.15, 0.2) is 5.78 Å². The van der Waals surface area contributed by atoms with Crippen molar-refractivity contribution >= 4 is 5.78 Å². The largest absolute Gasteiger partial charge is 0.501 e. The third-order valence-electron chi connectivity index (χ3n) is 4.65. The number of hydrogen-bond acceptors (Lipinski definition) is 2. The minimum Gasteiger partial charge on any atom is -0.501 e. The lowest BCUT2D eigenvalue weighted by atomic mass is 9.66. The molecule has 0 saturated carbocycles. The smallest absolute Gasteiger partial charge is 0.178 e. The summed E-state index contributed by atoms with van der Waals surface area (Å²) in [7, 11) is 1.58. The van der Waals surface area contributed by atoms with Crippen LogP contribution < -0.4 is 0 Å². The van der Waals surface area contributed by atoms with E-state index < -0.39 is 5.41 Å². The molecular formula is C24H22O2. The SMILES string of the molecule is COC(C)=CC(=O)C(c1ccccc1)(c1ccccc1)c1ccccc1. The van der Waals surface area contributed by atoms with Crippen LogP contribution in [0.15, 0.2) is 103 Å². The van der Waals surface area contributed by atoms with Crippen LogP contribution >= 0.6 is 0 Å². The lowest BCUT2D eigenvalue weighted by Crippen LogP contribution is -2.37. The molecule has 0 N–H and O–H groups in total. The summed E-state index contributed by atoms with van der Waals surface area (Å²) < 4.78 is 5.26. The fourth-order valence-corrected chi connectivity index (χ4v) is 3.34. The van der Waals surface area contributed by atoms with Crippen LogP contribution in [0.5, 0.6) is 0 Å². The second kappa shape index (κ2) is 7.83. The van der Waals surface area contributed by atoms with Crippen LogP contribution in [0.3, 0.4) is 0 Å². The van der Waals surface area contributed by atoms with Gasteiger partial charge >= 0.3 is 0 Å². The van der Waals surface area contributed by atoms with Gasteiger partial charge in [0, 0.05) is 6.08 Å². The van der Waals surface area contributed by atoms with Crippen LogP contribution in [0.4, 0.5) is 0 Å². The molecule has 0 aliphatic carbocycles. The van der Waals surface area contributed by atoms with Gasteiger partial charge in [0.25, 0.3) is 0 Å². The van der Waals surface area contributed by atoms with Gasteiger partial charge in [0.05, 0.1) is 12.9 Å². The van der Waals surface area contributed by atoms with Gasteiger partial charge in [-0.1, -0.05) is 91.0 Å². The van der Waals surface area contributed by atoms with E-state index in [1.165, 1.54) is 0 Å². The van der Waals surface area contributed by atoms with Crippen molar-refractivity contribution in [3.8, 4) is 0 Å². The summed E-state index contributed by atoms with van der Waals surface area (Å²) in [6.45, 7) is 1.80. The number of hydrogen-bond donors (Lipinski definition) is 0. The summed E-state index contributed by atoms with van der Waals surface area (Å²) in [4.78, 5) is 13.7. The Labute approximate surface area is 154 Å². The van der Waals surface area contributed by atoms with Gasteiger partial charge in [-0.05, 0) is 23.6 Å². The molecule has 2 heteroatoms. The highest BCUT2D eigenvalue weighted by atomic mass is 16.5. The van der Waals surface area contributed by atoms with Crippen LogP contribution in [-0.4, -0.2) is 12.9 Å². The Bertz CT molecular complexity index is 785. The van der Waals surface area contributed by atoms with Crippen molar-refractivity contribution in [2.24, 2.45) is 0 Å². The summed E-state index contributed by atoms with van der Waals surface area (Å²) in [5.74, 6) is 0.558. The van der Waals surface area contributed by atoms with Crippen molar-refractivity contribution in [2.45, 2.75) is 12.3 Å². The van der Waals surface area contributed by atoms with E-state index in [1.54, 1.807) is 20.1 Å². The maximum absolute atomic E-state index is 13.7. The van der Waals surface area contributed by atoms with Crippen LogP contribution in [0.2, 0.25) is 0 Å². The normalized spacial score (nSPS) is 11.8. The monoisotopic (exact) mass is 342 g/mol. The van der Waals surface area contributed by atoms with Crippen LogP contribution in [0.1, 0.15) is 23.6 Å². The summed E-state index contributed by atoms with van der Waals surface area (Å²) >= 11 is 0. The summed E-state index contributed by atoms with van der Waals surface area (Å²) in [6, 6.07) is 29.7. The average Bonchev–Trinajstić information content (AvgIpc) is 2.71. The molecule has 0 fully saturated rings. The van der Waals surface area contributed by atoms with E-state index in [-0.39, 0.29) is 5.78 Å². The zero-order chi connectivity index (χ0) is 18.4. The van der Waals surface area contributed by atoms with Gasteiger partial charge < -0.3 is 4.74 Å². The topological polar surface area (TPSA) is 26.3 Å². The summed E-state index contributed by atoms with van der Waals surface area (Å²) in [5.41, 5.74) is 1.87. The lowest BCUT2D eigenvalue weighted by Gasteiger charge is -2.33. The molecule has 130 valence electrons. The second-order valence-electron chi connectivity index (χ2n) is 6.17. The first-order chi connectivity index (χ1) is 12.7. The summed E-state index contributed by atoms with van der Waals surface area (Å²) in [6.07, 6.45) is 1.59. The molecule has 0 saturated heterocycles. The van der Waals surface area contributed by atoms with Crippen molar-refractivity contribution in [3.05, 3.63) is 120 Å². The van der Waals surface area contributed by atoms with E-state index in [2.05, 4.69) is 0 Å². The molecule has 3 aromatic rings. The number of rotatable bonds is 6. The standard InChI is InChI=1S/C24H22O2/c1-19(26-2)18-23(25)24(20-12-6-3-7-13-20,21-14-8-4-9-15-21)22-16-10-5-11-17-22/h3-18H,1-2H3. The Kier molecular flexibility index (Phi) is 5.33. The van der Waals surface area contributed by atoms with Gasteiger partial charge in [0.2, 0.25) is 0 Å². The first-order valence-electron chi connectivity index (χ1n) is 8.63. The molecule has 0 atom stereocenters. The lowest BCUT2D eigenvalue weighted by molar-refractivity contribution is -0.117. The van der Waals surface area contributed by atoms with Crippen molar-refractivity contribution in [2.75, 3.05) is 7.11 Å². The highest BCUT2D eigenvalue weighted by Gasteiger charge is 2.42. The fraction of sp³-hybridized carbons (Fsp3) is 0.125. The molecule has 0 heterocycles. The van der Waals surface area contributed by atoms with Gasteiger partial charge in [-0.15, -0.1) is 0 Å². The van der Waals surface area contributed by atoms with E-state index in [4.69, 9.17) is 4.74 Å². The number of ketones is 1. The molecular weight excluding hydrogens is 320 g/mol. The Morgan fingerprint density at radius 1 is 0.731 bits per heavy atom. The molecule has 0 aliphatic rings. The molecule has 2 nitrogen and oxygen atoms in total.